The van der Waals surface area contributed by atoms with Crippen molar-refractivity contribution in [2.45, 2.75) is 6.92 Å². The van der Waals surface area contributed by atoms with Gasteiger partial charge in [-0.3, -0.25) is 4.79 Å². The summed E-state index contributed by atoms with van der Waals surface area (Å²) >= 11 is 12.0. The third-order valence-electron chi connectivity index (χ3n) is 3.77. The van der Waals surface area contributed by atoms with Crippen molar-refractivity contribution in [2.24, 2.45) is 0 Å². The van der Waals surface area contributed by atoms with Gasteiger partial charge in [-0.05, 0) is 42.8 Å². The summed E-state index contributed by atoms with van der Waals surface area (Å²) in [7, 11) is 0. The molecule has 2 N–H and O–H groups in total. The first kappa shape index (κ1) is 19.0. The fourth-order valence-corrected chi connectivity index (χ4v) is 3.18. The maximum absolute atomic E-state index is 12.9. The molecular weight excluding hydrogens is 381 g/mol. The van der Waals surface area contributed by atoms with E-state index in [9.17, 15) is 4.79 Å². The summed E-state index contributed by atoms with van der Waals surface area (Å²) in [5.74, 6) is 0.242. The van der Waals surface area contributed by atoms with E-state index in [1.807, 2.05) is 60.7 Å². The van der Waals surface area contributed by atoms with Gasteiger partial charge in [-0.1, -0.05) is 59.6 Å². The van der Waals surface area contributed by atoms with Gasteiger partial charge in [0.2, 0.25) is 0 Å². The van der Waals surface area contributed by atoms with Crippen LogP contribution in [0.15, 0.2) is 78.6 Å². The van der Waals surface area contributed by atoms with Crippen LogP contribution in [0, 0.1) is 6.92 Å². The molecule has 0 spiro atoms. The molecule has 136 valence electrons. The highest BCUT2D eigenvalue weighted by atomic mass is 35.5. The maximum Gasteiger partial charge on any atom is 0.192 e. The molecule has 0 atom stereocenters. The van der Waals surface area contributed by atoms with E-state index in [4.69, 9.17) is 23.2 Å². The lowest BCUT2D eigenvalue weighted by atomic mass is 10.1. The number of carbonyl (C=O) groups excluding carboxylic acids is 1. The van der Waals surface area contributed by atoms with Crippen LogP contribution >= 0.6 is 23.2 Å². The van der Waals surface area contributed by atoms with E-state index in [0.717, 1.165) is 11.4 Å². The predicted octanol–water partition coefficient (Wildman–Crippen LogP) is 5.95. The van der Waals surface area contributed by atoms with Crippen LogP contribution in [-0.2, 0) is 0 Å². The number of hydrogen-bond acceptors (Lipinski definition) is 4. The summed E-state index contributed by atoms with van der Waals surface area (Å²) in [6.07, 6.45) is 1.46. The van der Waals surface area contributed by atoms with Gasteiger partial charge < -0.3 is 10.6 Å². The number of aromatic nitrogens is 1. The van der Waals surface area contributed by atoms with E-state index in [0.29, 0.717) is 16.9 Å². The minimum absolute atomic E-state index is 0.0834. The number of benzene rings is 2. The van der Waals surface area contributed by atoms with E-state index in [2.05, 4.69) is 15.6 Å². The zero-order valence-corrected chi connectivity index (χ0v) is 16.1. The largest absolute Gasteiger partial charge is 0.342 e. The Bertz CT molecular complexity index is 907. The smallest absolute Gasteiger partial charge is 0.192 e. The van der Waals surface area contributed by atoms with Crippen molar-refractivity contribution in [2.75, 3.05) is 10.6 Å². The Labute approximate surface area is 167 Å². The van der Waals surface area contributed by atoms with E-state index in [1.165, 1.54) is 6.08 Å². The number of pyridine rings is 1. The second kappa shape index (κ2) is 8.71. The van der Waals surface area contributed by atoms with E-state index in [-0.39, 0.29) is 16.1 Å². The van der Waals surface area contributed by atoms with Gasteiger partial charge in [-0.15, -0.1) is 0 Å². The normalized spacial score (nSPS) is 10.2. The van der Waals surface area contributed by atoms with Gasteiger partial charge in [0.15, 0.2) is 5.78 Å². The van der Waals surface area contributed by atoms with Crippen molar-refractivity contribution in [3.8, 4) is 0 Å². The molecule has 0 radical (unpaired) electrons. The molecule has 3 aromatic rings. The average molecular weight is 398 g/mol. The van der Waals surface area contributed by atoms with Crippen molar-refractivity contribution in [1.29, 1.82) is 0 Å². The average Bonchev–Trinajstić information content (AvgIpc) is 2.62. The Hall–Kier alpha value is -2.82. The van der Waals surface area contributed by atoms with Crippen LogP contribution in [0.2, 0.25) is 10.3 Å². The van der Waals surface area contributed by atoms with Gasteiger partial charge in [0.25, 0.3) is 0 Å². The number of nitrogens with zero attached hydrogens (tertiary/aromatic N) is 1. The monoisotopic (exact) mass is 397 g/mol. The van der Waals surface area contributed by atoms with E-state index >= 15 is 0 Å². The van der Waals surface area contributed by atoms with Crippen LogP contribution in [-0.4, -0.2) is 10.8 Å². The highest BCUT2D eigenvalue weighted by molar-refractivity contribution is 6.35. The highest BCUT2D eigenvalue weighted by Gasteiger charge is 2.15. The Kier molecular flexibility index (Phi) is 6.12. The second-order valence-corrected chi connectivity index (χ2v) is 6.58. The number of hydrogen-bond donors (Lipinski definition) is 2. The van der Waals surface area contributed by atoms with Gasteiger partial charge >= 0.3 is 0 Å². The fourth-order valence-electron chi connectivity index (χ4n) is 2.55. The first-order chi connectivity index (χ1) is 13.0. The lowest BCUT2D eigenvalue weighted by molar-refractivity contribution is 0.104. The molecule has 0 fully saturated rings. The van der Waals surface area contributed by atoms with Crippen molar-refractivity contribution >= 4 is 40.4 Å². The van der Waals surface area contributed by atoms with Crippen LogP contribution < -0.4 is 10.6 Å². The van der Waals surface area contributed by atoms with Gasteiger partial charge in [0, 0.05) is 17.5 Å². The van der Waals surface area contributed by atoms with Crippen LogP contribution in [0.3, 0.4) is 0 Å². The number of rotatable bonds is 6. The van der Waals surface area contributed by atoms with Crippen molar-refractivity contribution in [1.82, 2.24) is 4.98 Å². The van der Waals surface area contributed by atoms with Crippen LogP contribution in [0.4, 0.5) is 11.4 Å². The number of ketones is 1. The van der Waals surface area contributed by atoms with Gasteiger partial charge in [0.05, 0.1) is 5.56 Å². The molecule has 0 unspecified atom stereocenters. The molecule has 0 saturated carbocycles. The molecule has 0 aliphatic heterocycles. The lowest BCUT2D eigenvalue weighted by Crippen LogP contribution is -2.13. The predicted molar refractivity (Wildman–Crippen MR) is 112 cm³/mol. The molecule has 0 bridgehead atoms. The summed E-state index contributed by atoms with van der Waals surface area (Å²) < 4.78 is 0. The Morgan fingerprint density at radius 3 is 1.93 bits per heavy atom. The molecule has 6 heteroatoms. The number of carbonyl (C=O) groups is 1. The quantitative estimate of drug-likeness (QED) is 0.306. The number of para-hydroxylation sites is 2. The molecule has 1 aromatic heterocycles. The second-order valence-electron chi connectivity index (χ2n) is 5.83. The van der Waals surface area contributed by atoms with Crippen LogP contribution in [0.25, 0.3) is 0 Å². The Balaban J connectivity index is 1.95. The minimum Gasteiger partial charge on any atom is -0.342 e. The number of halogens is 2. The van der Waals surface area contributed by atoms with Crippen molar-refractivity contribution in [3.05, 3.63) is 100 Å². The highest BCUT2D eigenvalue weighted by Crippen LogP contribution is 2.23. The van der Waals surface area contributed by atoms with Crippen molar-refractivity contribution < 1.29 is 4.79 Å². The van der Waals surface area contributed by atoms with Gasteiger partial charge in [-0.25, -0.2) is 4.98 Å². The lowest BCUT2D eigenvalue weighted by Gasteiger charge is -2.14. The molecule has 2 aromatic carbocycles. The SMILES string of the molecule is Cc1cc(Cl)nc(Cl)c1C(=O)C=C(Nc1ccccc1)Nc1ccccc1. The van der Waals surface area contributed by atoms with E-state index in [1.54, 1.807) is 13.0 Å². The third-order valence-corrected chi connectivity index (χ3v) is 4.24. The number of aryl methyl sites for hydroxylation is 1. The fraction of sp³-hybridized carbons (Fsp3) is 0.0476. The summed E-state index contributed by atoms with van der Waals surface area (Å²) in [5.41, 5.74) is 2.68. The number of anilines is 2. The summed E-state index contributed by atoms with van der Waals surface area (Å²) in [4.78, 5) is 16.8. The third kappa shape index (κ3) is 5.09. The molecule has 1 heterocycles. The Morgan fingerprint density at radius 1 is 0.926 bits per heavy atom. The summed E-state index contributed by atoms with van der Waals surface area (Å²) in [6.45, 7) is 1.77. The molecule has 27 heavy (non-hydrogen) atoms. The first-order valence-electron chi connectivity index (χ1n) is 8.26. The minimum atomic E-state index is -0.275. The molecule has 3 rings (SSSR count). The maximum atomic E-state index is 12.9. The zero-order chi connectivity index (χ0) is 19.2. The molecule has 0 saturated heterocycles. The standard InChI is InChI=1S/C21H17Cl2N3O/c1-14-12-18(22)26-21(23)20(14)17(27)13-19(24-15-8-4-2-5-9-15)25-16-10-6-3-7-11-16/h2-13,24-25H,1H3. The number of nitrogens with one attached hydrogen (secondary N) is 2. The summed E-state index contributed by atoms with van der Waals surface area (Å²) in [5, 5.41) is 6.77. The topological polar surface area (TPSA) is 54.0 Å². The summed E-state index contributed by atoms with van der Waals surface area (Å²) in [6, 6.07) is 20.7. The molecule has 0 aliphatic rings. The molecule has 4 nitrogen and oxygen atoms in total. The van der Waals surface area contributed by atoms with Gasteiger partial charge in [0.1, 0.15) is 16.1 Å². The molecular formula is C21H17Cl2N3O. The molecule has 0 aliphatic carbocycles. The zero-order valence-electron chi connectivity index (χ0n) is 14.5. The van der Waals surface area contributed by atoms with Crippen LogP contribution in [0.5, 0.6) is 0 Å². The van der Waals surface area contributed by atoms with Gasteiger partial charge in [-0.2, -0.15) is 0 Å². The first-order valence-corrected chi connectivity index (χ1v) is 9.01. The molecule has 0 amide bonds. The Morgan fingerprint density at radius 2 is 1.44 bits per heavy atom. The van der Waals surface area contributed by atoms with E-state index < -0.39 is 0 Å². The number of allylic oxidation sites excluding steroid dienone is 1. The van der Waals surface area contributed by atoms with Crippen LogP contribution in [0.1, 0.15) is 15.9 Å². The van der Waals surface area contributed by atoms with Crippen molar-refractivity contribution in [3.63, 3.8) is 0 Å².